The van der Waals surface area contributed by atoms with Crippen molar-refractivity contribution in [3.05, 3.63) is 29.3 Å². The molecule has 0 aliphatic rings. The van der Waals surface area contributed by atoms with E-state index in [1.165, 1.54) is 7.11 Å². The Kier molecular flexibility index (Phi) is 6.36. The molecule has 6 nitrogen and oxygen atoms in total. The highest BCUT2D eigenvalue weighted by atomic mass is 16.5. The second-order valence-corrected chi connectivity index (χ2v) is 4.25. The molecule has 0 saturated heterocycles. The molecule has 110 valence electrons. The first-order valence-electron chi connectivity index (χ1n) is 6.32. The zero-order chi connectivity index (χ0) is 15.0. The van der Waals surface area contributed by atoms with E-state index < -0.39 is 0 Å². The van der Waals surface area contributed by atoms with Gasteiger partial charge in [0.2, 0.25) is 0 Å². The van der Waals surface area contributed by atoms with Gasteiger partial charge in [0.1, 0.15) is 5.75 Å². The third-order valence-corrected chi connectivity index (χ3v) is 2.86. The number of nitrogens with one attached hydrogen (secondary N) is 2. The van der Waals surface area contributed by atoms with Gasteiger partial charge in [0, 0.05) is 6.54 Å². The van der Waals surface area contributed by atoms with Gasteiger partial charge in [0.15, 0.2) is 6.73 Å². The Labute approximate surface area is 118 Å². The number of carbonyl (C=O) groups is 2. The molecule has 2 N–H and O–H groups in total. The molecule has 1 rings (SSSR count). The van der Waals surface area contributed by atoms with Gasteiger partial charge in [0.25, 0.3) is 0 Å². The molecule has 20 heavy (non-hydrogen) atoms. The molecule has 0 aliphatic heterocycles. The van der Waals surface area contributed by atoms with E-state index >= 15 is 0 Å². The van der Waals surface area contributed by atoms with Crippen LogP contribution in [0, 0.1) is 13.8 Å². The summed E-state index contributed by atoms with van der Waals surface area (Å²) >= 11 is 0. The maximum atomic E-state index is 11.4. The van der Waals surface area contributed by atoms with E-state index in [1.54, 1.807) is 0 Å². The fraction of sp³-hybridized carbons (Fsp3) is 0.429. The molecule has 1 aromatic carbocycles. The zero-order valence-corrected chi connectivity index (χ0v) is 12.0. The fourth-order valence-corrected chi connectivity index (χ4v) is 1.50. The Morgan fingerprint density at radius 3 is 2.65 bits per heavy atom. The summed E-state index contributed by atoms with van der Waals surface area (Å²) in [7, 11) is 1.31. The Morgan fingerprint density at radius 1 is 1.20 bits per heavy atom. The fourth-order valence-electron chi connectivity index (χ4n) is 1.50. The van der Waals surface area contributed by atoms with Crippen LogP contribution in [0.25, 0.3) is 0 Å². The predicted octanol–water partition coefficient (Wildman–Crippen LogP) is 1.50. The van der Waals surface area contributed by atoms with Crippen LogP contribution in [0.4, 0.5) is 4.79 Å². The number of aryl methyl sites for hydroxylation is 1. The number of rotatable bonds is 6. The van der Waals surface area contributed by atoms with E-state index in [2.05, 4.69) is 15.4 Å². The zero-order valence-electron chi connectivity index (χ0n) is 12.0. The molecule has 0 aliphatic carbocycles. The van der Waals surface area contributed by atoms with Crippen molar-refractivity contribution < 1.29 is 19.1 Å². The summed E-state index contributed by atoms with van der Waals surface area (Å²) in [6, 6.07) is 5.35. The SMILES string of the molecule is COC(=O)CCNC(=O)NCOc1cccc(C)c1C. The van der Waals surface area contributed by atoms with Crippen LogP contribution in [0.1, 0.15) is 17.5 Å². The molecule has 0 saturated carbocycles. The quantitative estimate of drug-likeness (QED) is 0.611. The lowest BCUT2D eigenvalue weighted by molar-refractivity contribution is -0.140. The molecule has 0 fully saturated rings. The summed E-state index contributed by atoms with van der Waals surface area (Å²) in [6.07, 6.45) is 0.141. The number of ether oxygens (including phenoxy) is 2. The van der Waals surface area contributed by atoms with Gasteiger partial charge in [-0.3, -0.25) is 4.79 Å². The van der Waals surface area contributed by atoms with Gasteiger partial charge in [-0.1, -0.05) is 12.1 Å². The Hall–Kier alpha value is -2.24. The summed E-state index contributed by atoms with van der Waals surface area (Å²) in [5.74, 6) is 0.372. The van der Waals surface area contributed by atoms with Gasteiger partial charge in [-0.2, -0.15) is 0 Å². The van der Waals surface area contributed by atoms with Crippen LogP contribution in [0.15, 0.2) is 18.2 Å². The van der Waals surface area contributed by atoms with Crippen molar-refractivity contribution in [2.75, 3.05) is 20.4 Å². The number of esters is 1. The number of hydrogen-bond acceptors (Lipinski definition) is 4. The van der Waals surface area contributed by atoms with Crippen molar-refractivity contribution in [3.63, 3.8) is 0 Å². The van der Waals surface area contributed by atoms with Crippen LogP contribution in [-0.4, -0.2) is 32.4 Å². The average molecular weight is 280 g/mol. The second-order valence-electron chi connectivity index (χ2n) is 4.25. The molecular weight excluding hydrogens is 260 g/mol. The molecule has 2 amide bonds. The molecule has 1 aromatic rings. The Balaban J connectivity index is 2.25. The monoisotopic (exact) mass is 280 g/mol. The van der Waals surface area contributed by atoms with Crippen LogP contribution in [0.3, 0.4) is 0 Å². The average Bonchev–Trinajstić information content (AvgIpc) is 2.43. The molecular formula is C14H20N2O4. The van der Waals surface area contributed by atoms with Crippen LogP contribution in [0.2, 0.25) is 0 Å². The summed E-state index contributed by atoms with van der Waals surface area (Å²) < 4.78 is 9.93. The maximum Gasteiger partial charge on any atom is 0.317 e. The molecule has 0 bridgehead atoms. The first kappa shape index (κ1) is 15.8. The molecule has 6 heteroatoms. The van der Waals surface area contributed by atoms with E-state index in [4.69, 9.17) is 4.74 Å². The largest absolute Gasteiger partial charge is 0.473 e. The maximum absolute atomic E-state index is 11.4. The smallest absolute Gasteiger partial charge is 0.317 e. The van der Waals surface area contributed by atoms with E-state index in [1.807, 2.05) is 32.0 Å². The minimum absolute atomic E-state index is 0.0638. The topological polar surface area (TPSA) is 76.7 Å². The molecule has 0 atom stereocenters. The van der Waals surface area contributed by atoms with Crippen molar-refractivity contribution >= 4 is 12.0 Å². The van der Waals surface area contributed by atoms with Crippen LogP contribution >= 0.6 is 0 Å². The Bertz CT molecular complexity index is 474. The number of amides is 2. The van der Waals surface area contributed by atoms with Crippen molar-refractivity contribution in [3.8, 4) is 5.75 Å². The van der Waals surface area contributed by atoms with Crippen molar-refractivity contribution in [2.24, 2.45) is 0 Å². The van der Waals surface area contributed by atoms with Crippen molar-refractivity contribution in [1.82, 2.24) is 10.6 Å². The minimum Gasteiger partial charge on any atom is -0.473 e. The summed E-state index contributed by atoms with van der Waals surface area (Å²) in [6.45, 7) is 4.24. The van der Waals surface area contributed by atoms with E-state index in [0.29, 0.717) is 0 Å². The van der Waals surface area contributed by atoms with Gasteiger partial charge in [-0.25, -0.2) is 4.79 Å². The van der Waals surface area contributed by atoms with Crippen molar-refractivity contribution in [2.45, 2.75) is 20.3 Å². The molecule has 0 spiro atoms. The van der Waals surface area contributed by atoms with Gasteiger partial charge in [-0.15, -0.1) is 0 Å². The lowest BCUT2D eigenvalue weighted by Crippen LogP contribution is -2.38. The highest BCUT2D eigenvalue weighted by Crippen LogP contribution is 2.19. The number of benzene rings is 1. The van der Waals surface area contributed by atoms with Gasteiger partial charge in [-0.05, 0) is 31.0 Å². The standard InChI is InChI=1S/C14H20N2O4/c1-10-5-4-6-12(11(10)2)20-9-16-14(18)15-8-7-13(17)19-3/h4-6H,7-9H2,1-3H3,(H2,15,16,18). The minimum atomic E-state index is -0.390. The number of methoxy groups -OCH3 is 1. The van der Waals surface area contributed by atoms with Crippen LogP contribution < -0.4 is 15.4 Å². The van der Waals surface area contributed by atoms with Gasteiger partial charge >= 0.3 is 12.0 Å². The third-order valence-electron chi connectivity index (χ3n) is 2.86. The van der Waals surface area contributed by atoms with Crippen molar-refractivity contribution in [1.29, 1.82) is 0 Å². The molecule has 0 radical (unpaired) electrons. The molecule has 0 unspecified atom stereocenters. The van der Waals surface area contributed by atoms with Gasteiger partial charge in [0.05, 0.1) is 13.5 Å². The number of carbonyl (C=O) groups excluding carboxylic acids is 2. The first-order chi connectivity index (χ1) is 9.54. The summed E-state index contributed by atoms with van der Waals surface area (Å²) in [5, 5.41) is 5.07. The number of hydrogen-bond donors (Lipinski definition) is 2. The van der Waals surface area contributed by atoms with E-state index in [9.17, 15) is 9.59 Å². The second kappa shape index (κ2) is 8.04. The summed E-state index contributed by atoms with van der Waals surface area (Å²) in [5.41, 5.74) is 2.17. The normalized spacial score (nSPS) is 9.75. The van der Waals surface area contributed by atoms with Gasteiger partial charge < -0.3 is 20.1 Å². The van der Waals surface area contributed by atoms with Crippen LogP contribution in [0.5, 0.6) is 5.75 Å². The highest BCUT2D eigenvalue weighted by Gasteiger charge is 2.04. The highest BCUT2D eigenvalue weighted by molar-refractivity contribution is 5.75. The molecule has 0 aromatic heterocycles. The predicted molar refractivity (Wildman–Crippen MR) is 74.6 cm³/mol. The lowest BCUT2D eigenvalue weighted by atomic mass is 10.1. The van der Waals surface area contributed by atoms with Crippen LogP contribution in [-0.2, 0) is 9.53 Å². The number of urea groups is 1. The third kappa shape index (κ3) is 5.17. The van der Waals surface area contributed by atoms with E-state index in [-0.39, 0.29) is 31.7 Å². The van der Waals surface area contributed by atoms with E-state index in [0.717, 1.165) is 16.9 Å². The summed E-state index contributed by atoms with van der Waals surface area (Å²) in [4.78, 5) is 22.2. The molecule has 0 heterocycles. The first-order valence-corrected chi connectivity index (χ1v) is 6.32. The lowest BCUT2D eigenvalue weighted by Gasteiger charge is -2.12. The Morgan fingerprint density at radius 2 is 1.95 bits per heavy atom.